The quantitative estimate of drug-likeness (QED) is 0.779. The highest BCUT2D eigenvalue weighted by atomic mass is 32.1. The molecule has 3 heteroatoms. The van der Waals surface area contributed by atoms with Gasteiger partial charge in [0.25, 0.3) is 0 Å². The fourth-order valence-electron chi connectivity index (χ4n) is 2.67. The SMILES string of the molecule is Cc1ccc(-c2c(C=O)sc3c2CCN(C)C3)cc1. The molecular formula is C16H17NOS. The molecule has 0 saturated heterocycles. The molecule has 3 rings (SSSR count). The molecule has 1 aliphatic rings. The van der Waals surface area contributed by atoms with E-state index in [0.29, 0.717) is 0 Å². The average Bonchev–Trinajstić information content (AvgIpc) is 2.77. The maximum Gasteiger partial charge on any atom is 0.160 e. The number of thiophene rings is 1. The Morgan fingerprint density at radius 1 is 1.26 bits per heavy atom. The Bertz CT molecular complexity index is 612. The lowest BCUT2D eigenvalue weighted by atomic mass is 9.95. The minimum atomic E-state index is 0.879. The molecule has 0 amide bonds. The van der Waals surface area contributed by atoms with Crippen molar-refractivity contribution in [2.75, 3.05) is 13.6 Å². The first-order valence-electron chi connectivity index (χ1n) is 6.54. The molecule has 0 bridgehead atoms. The van der Waals surface area contributed by atoms with Crippen LogP contribution in [0.25, 0.3) is 11.1 Å². The maximum atomic E-state index is 11.4. The summed E-state index contributed by atoms with van der Waals surface area (Å²) in [5.74, 6) is 0. The van der Waals surface area contributed by atoms with Gasteiger partial charge in [0.2, 0.25) is 0 Å². The van der Waals surface area contributed by atoms with E-state index >= 15 is 0 Å². The van der Waals surface area contributed by atoms with E-state index in [4.69, 9.17) is 0 Å². The monoisotopic (exact) mass is 271 g/mol. The molecule has 19 heavy (non-hydrogen) atoms. The number of carbonyl (C=O) groups is 1. The lowest BCUT2D eigenvalue weighted by Crippen LogP contribution is -2.25. The van der Waals surface area contributed by atoms with Crippen LogP contribution in [-0.2, 0) is 13.0 Å². The van der Waals surface area contributed by atoms with Gasteiger partial charge < -0.3 is 4.90 Å². The van der Waals surface area contributed by atoms with Crippen LogP contribution in [0.4, 0.5) is 0 Å². The predicted octanol–water partition coefficient (Wildman–Crippen LogP) is 3.52. The average molecular weight is 271 g/mol. The first kappa shape index (κ1) is 12.6. The number of fused-ring (bicyclic) bond motifs is 1. The van der Waals surface area contributed by atoms with Gasteiger partial charge in [0.05, 0.1) is 4.88 Å². The number of hydrogen-bond acceptors (Lipinski definition) is 3. The predicted molar refractivity (Wildman–Crippen MR) is 79.9 cm³/mol. The molecule has 0 saturated carbocycles. The van der Waals surface area contributed by atoms with Gasteiger partial charge in [0.15, 0.2) is 6.29 Å². The van der Waals surface area contributed by atoms with Gasteiger partial charge in [0.1, 0.15) is 0 Å². The Hall–Kier alpha value is -1.45. The highest BCUT2D eigenvalue weighted by Crippen LogP contribution is 2.38. The van der Waals surface area contributed by atoms with Gasteiger partial charge in [-0.3, -0.25) is 4.79 Å². The molecule has 98 valence electrons. The lowest BCUT2D eigenvalue weighted by molar-refractivity contribution is 0.112. The van der Waals surface area contributed by atoms with E-state index in [9.17, 15) is 4.79 Å². The largest absolute Gasteiger partial charge is 0.301 e. The summed E-state index contributed by atoms with van der Waals surface area (Å²) in [5.41, 5.74) is 4.98. The third kappa shape index (κ3) is 2.24. The maximum absolute atomic E-state index is 11.4. The van der Waals surface area contributed by atoms with E-state index in [1.165, 1.54) is 27.1 Å². The van der Waals surface area contributed by atoms with Gasteiger partial charge >= 0.3 is 0 Å². The van der Waals surface area contributed by atoms with Crippen molar-refractivity contribution in [2.24, 2.45) is 0 Å². The highest BCUT2D eigenvalue weighted by molar-refractivity contribution is 7.14. The van der Waals surface area contributed by atoms with Crippen molar-refractivity contribution in [3.63, 3.8) is 0 Å². The van der Waals surface area contributed by atoms with Crippen molar-refractivity contribution in [1.82, 2.24) is 4.90 Å². The van der Waals surface area contributed by atoms with Crippen LogP contribution < -0.4 is 0 Å². The van der Waals surface area contributed by atoms with E-state index in [1.807, 2.05) is 0 Å². The molecule has 0 fully saturated rings. The molecule has 0 N–H and O–H groups in total. The van der Waals surface area contributed by atoms with Crippen LogP contribution in [0.3, 0.4) is 0 Å². The minimum Gasteiger partial charge on any atom is -0.301 e. The lowest BCUT2D eigenvalue weighted by Gasteiger charge is -2.22. The summed E-state index contributed by atoms with van der Waals surface area (Å²) in [6.07, 6.45) is 2.05. The molecular weight excluding hydrogens is 254 g/mol. The van der Waals surface area contributed by atoms with Crippen molar-refractivity contribution in [2.45, 2.75) is 19.9 Å². The van der Waals surface area contributed by atoms with Gasteiger partial charge in [0, 0.05) is 23.5 Å². The Labute approximate surface area is 117 Å². The first-order chi connectivity index (χ1) is 9.19. The van der Waals surface area contributed by atoms with E-state index in [-0.39, 0.29) is 0 Å². The van der Waals surface area contributed by atoms with Gasteiger partial charge in [-0.1, -0.05) is 29.8 Å². The summed E-state index contributed by atoms with van der Waals surface area (Å²) < 4.78 is 0. The number of nitrogens with zero attached hydrogens (tertiary/aromatic N) is 1. The molecule has 0 spiro atoms. The molecule has 0 aliphatic carbocycles. The van der Waals surface area contributed by atoms with Crippen LogP contribution in [-0.4, -0.2) is 24.8 Å². The summed E-state index contributed by atoms with van der Waals surface area (Å²) in [7, 11) is 2.13. The van der Waals surface area contributed by atoms with Crippen LogP contribution in [0.5, 0.6) is 0 Å². The van der Waals surface area contributed by atoms with Crippen LogP contribution in [0.2, 0.25) is 0 Å². The second kappa shape index (κ2) is 4.91. The topological polar surface area (TPSA) is 20.3 Å². The second-order valence-corrected chi connectivity index (χ2v) is 6.35. The van der Waals surface area contributed by atoms with Gasteiger partial charge in [-0.25, -0.2) is 0 Å². The zero-order chi connectivity index (χ0) is 13.4. The molecule has 2 aromatic rings. The smallest absolute Gasteiger partial charge is 0.160 e. The highest BCUT2D eigenvalue weighted by Gasteiger charge is 2.23. The van der Waals surface area contributed by atoms with E-state index in [1.54, 1.807) is 11.3 Å². The number of benzene rings is 1. The van der Waals surface area contributed by atoms with Gasteiger partial charge in [-0.05, 0) is 31.5 Å². The minimum absolute atomic E-state index is 0.879. The molecule has 1 aromatic heterocycles. The third-order valence-electron chi connectivity index (χ3n) is 3.72. The Morgan fingerprint density at radius 2 is 2.00 bits per heavy atom. The van der Waals surface area contributed by atoms with Crippen LogP contribution in [0.15, 0.2) is 24.3 Å². The molecule has 0 unspecified atom stereocenters. The number of hydrogen-bond donors (Lipinski definition) is 0. The Morgan fingerprint density at radius 3 is 2.68 bits per heavy atom. The zero-order valence-corrected chi connectivity index (χ0v) is 12.1. The van der Waals surface area contributed by atoms with Gasteiger partial charge in [-0.15, -0.1) is 11.3 Å². The second-order valence-electron chi connectivity index (χ2n) is 5.21. The standard InChI is InChI=1S/C16H17NOS/c1-11-3-5-12(6-4-11)16-13-7-8-17(2)9-14(13)19-15(16)10-18/h3-6,10H,7-9H2,1-2H3. The molecule has 2 heterocycles. The fourth-order valence-corrected chi connectivity index (χ4v) is 3.94. The zero-order valence-electron chi connectivity index (χ0n) is 11.3. The summed E-state index contributed by atoms with van der Waals surface area (Å²) in [6, 6.07) is 8.48. The van der Waals surface area contributed by atoms with Crippen LogP contribution in [0.1, 0.15) is 25.7 Å². The van der Waals surface area contributed by atoms with Gasteiger partial charge in [-0.2, -0.15) is 0 Å². The summed E-state index contributed by atoms with van der Waals surface area (Å²) in [4.78, 5) is 15.9. The van der Waals surface area contributed by atoms with Crippen LogP contribution in [0, 0.1) is 6.92 Å². The van der Waals surface area contributed by atoms with Crippen LogP contribution >= 0.6 is 11.3 Å². The first-order valence-corrected chi connectivity index (χ1v) is 7.36. The molecule has 2 nitrogen and oxygen atoms in total. The molecule has 1 aliphatic heterocycles. The molecule has 1 aromatic carbocycles. The fraction of sp³-hybridized carbons (Fsp3) is 0.312. The third-order valence-corrected chi connectivity index (χ3v) is 4.86. The van der Waals surface area contributed by atoms with Crippen molar-refractivity contribution in [3.8, 4) is 11.1 Å². The van der Waals surface area contributed by atoms with Crippen molar-refractivity contribution < 1.29 is 4.79 Å². The van der Waals surface area contributed by atoms with E-state index < -0.39 is 0 Å². The summed E-state index contributed by atoms with van der Waals surface area (Å²) in [6.45, 7) is 4.12. The van der Waals surface area contributed by atoms with E-state index in [0.717, 1.165) is 30.7 Å². The number of aryl methyl sites for hydroxylation is 1. The molecule has 0 radical (unpaired) electrons. The Kier molecular flexibility index (Phi) is 3.25. The number of rotatable bonds is 2. The normalized spacial score (nSPS) is 15.3. The number of carbonyl (C=O) groups excluding carboxylic acids is 1. The van der Waals surface area contributed by atoms with Crippen molar-refractivity contribution in [1.29, 1.82) is 0 Å². The van der Waals surface area contributed by atoms with Crippen molar-refractivity contribution >= 4 is 17.6 Å². The number of likely N-dealkylation sites (N-methyl/N-ethyl adjacent to an activating group) is 1. The summed E-state index contributed by atoms with van der Waals surface area (Å²) >= 11 is 1.66. The van der Waals surface area contributed by atoms with Crippen molar-refractivity contribution in [3.05, 3.63) is 45.1 Å². The number of aldehydes is 1. The van der Waals surface area contributed by atoms with E-state index in [2.05, 4.69) is 43.1 Å². The molecule has 0 atom stereocenters. The Balaban J connectivity index is 2.14. The summed E-state index contributed by atoms with van der Waals surface area (Å²) in [5, 5.41) is 0.